The maximum absolute atomic E-state index is 6.46. The van der Waals surface area contributed by atoms with Crippen molar-refractivity contribution in [2.45, 2.75) is 76.2 Å². The zero-order valence-electron chi connectivity index (χ0n) is 12.4. The molecule has 1 heterocycles. The molecule has 2 heteroatoms. The number of hydrogen-bond acceptors (Lipinski definition) is 1. The van der Waals surface area contributed by atoms with E-state index in [-0.39, 0.29) is 11.0 Å². The fraction of sp³-hybridized carbons (Fsp3) is 0.882. The van der Waals surface area contributed by atoms with Crippen LogP contribution in [-0.2, 0) is 4.74 Å². The van der Waals surface area contributed by atoms with E-state index < -0.39 is 0 Å². The second kappa shape index (κ2) is 5.07. The molecule has 1 aliphatic heterocycles. The molecular formula is C17H27ClO. The summed E-state index contributed by atoms with van der Waals surface area (Å²) in [6.45, 7) is 5.68. The Kier molecular flexibility index (Phi) is 3.73. The third-order valence-electron chi connectivity index (χ3n) is 5.36. The van der Waals surface area contributed by atoms with Gasteiger partial charge in [-0.15, -0.1) is 11.6 Å². The predicted molar refractivity (Wildman–Crippen MR) is 80.6 cm³/mol. The Morgan fingerprint density at radius 2 is 1.95 bits per heavy atom. The summed E-state index contributed by atoms with van der Waals surface area (Å²) in [7, 11) is 0. The zero-order chi connectivity index (χ0) is 13.5. The molecule has 2 fully saturated rings. The summed E-state index contributed by atoms with van der Waals surface area (Å²) >= 11 is 6.46. The van der Waals surface area contributed by atoms with Crippen molar-refractivity contribution in [3.8, 4) is 0 Å². The van der Waals surface area contributed by atoms with Crippen molar-refractivity contribution in [3.05, 3.63) is 11.6 Å². The molecule has 19 heavy (non-hydrogen) atoms. The molecule has 0 radical (unpaired) electrons. The van der Waals surface area contributed by atoms with Crippen LogP contribution in [0.1, 0.15) is 65.2 Å². The second-order valence-corrected chi connectivity index (χ2v) is 8.29. The lowest BCUT2D eigenvalue weighted by atomic mass is 9.70. The molecule has 0 amide bonds. The standard InChI is InChI=1S/C17H27ClO/c1-16(2)10-14(9-15(18)12-16)13-5-8-19-17(11-13)6-3-4-7-17/h9,13,15H,3-8,10-12H2,1-2H3. The van der Waals surface area contributed by atoms with E-state index in [2.05, 4.69) is 19.9 Å². The average molecular weight is 283 g/mol. The van der Waals surface area contributed by atoms with Crippen molar-refractivity contribution >= 4 is 11.6 Å². The van der Waals surface area contributed by atoms with Crippen LogP contribution in [0.2, 0.25) is 0 Å². The highest BCUT2D eigenvalue weighted by atomic mass is 35.5. The van der Waals surface area contributed by atoms with Crippen molar-refractivity contribution in [1.82, 2.24) is 0 Å². The Balaban J connectivity index is 1.74. The van der Waals surface area contributed by atoms with E-state index in [1.54, 1.807) is 5.57 Å². The van der Waals surface area contributed by atoms with Gasteiger partial charge in [0.2, 0.25) is 0 Å². The normalized spacial score (nSPS) is 37.3. The van der Waals surface area contributed by atoms with Crippen molar-refractivity contribution in [1.29, 1.82) is 0 Å². The Bertz CT molecular complexity index is 365. The molecule has 1 saturated carbocycles. The first-order valence-corrected chi connectivity index (χ1v) is 8.40. The lowest BCUT2D eigenvalue weighted by Gasteiger charge is -2.42. The summed E-state index contributed by atoms with van der Waals surface area (Å²) in [4.78, 5) is 0. The molecule has 0 bridgehead atoms. The SMILES string of the molecule is CC1(C)CC(C2CCOC3(CCCC3)C2)=CC(Cl)C1. The molecule has 2 unspecified atom stereocenters. The van der Waals surface area contributed by atoms with Gasteiger partial charge in [0.05, 0.1) is 11.0 Å². The van der Waals surface area contributed by atoms with Gasteiger partial charge in [-0.3, -0.25) is 0 Å². The van der Waals surface area contributed by atoms with E-state index in [9.17, 15) is 0 Å². The van der Waals surface area contributed by atoms with Crippen LogP contribution in [0.15, 0.2) is 11.6 Å². The number of hydrogen-bond donors (Lipinski definition) is 0. The molecular weight excluding hydrogens is 256 g/mol. The monoisotopic (exact) mass is 282 g/mol. The lowest BCUT2D eigenvalue weighted by Crippen LogP contribution is -2.39. The van der Waals surface area contributed by atoms with E-state index in [0.717, 1.165) is 18.9 Å². The number of alkyl halides is 1. The van der Waals surface area contributed by atoms with Crippen LogP contribution in [0, 0.1) is 11.3 Å². The van der Waals surface area contributed by atoms with Gasteiger partial charge in [0.25, 0.3) is 0 Å². The van der Waals surface area contributed by atoms with Crippen LogP contribution in [0.5, 0.6) is 0 Å². The van der Waals surface area contributed by atoms with Crippen LogP contribution < -0.4 is 0 Å². The van der Waals surface area contributed by atoms with Gasteiger partial charge < -0.3 is 4.74 Å². The van der Waals surface area contributed by atoms with E-state index in [1.807, 2.05) is 0 Å². The highest BCUT2D eigenvalue weighted by Gasteiger charge is 2.42. The predicted octanol–water partition coefficient (Wildman–Crippen LogP) is 5.08. The summed E-state index contributed by atoms with van der Waals surface area (Å²) in [5.74, 6) is 0.729. The maximum Gasteiger partial charge on any atom is 0.0688 e. The van der Waals surface area contributed by atoms with E-state index in [0.29, 0.717) is 5.41 Å². The van der Waals surface area contributed by atoms with Crippen molar-refractivity contribution in [2.24, 2.45) is 11.3 Å². The van der Waals surface area contributed by atoms with Crippen LogP contribution >= 0.6 is 11.6 Å². The fourth-order valence-electron chi connectivity index (χ4n) is 4.50. The highest BCUT2D eigenvalue weighted by molar-refractivity contribution is 6.21. The Hall–Kier alpha value is -0.0100. The van der Waals surface area contributed by atoms with Gasteiger partial charge in [0.1, 0.15) is 0 Å². The molecule has 1 spiro atoms. The van der Waals surface area contributed by atoms with Gasteiger partial charge in [-0.25, -0.2) is 0 Å². The molecule has 0 N–H and O–H groups in total. The lowest BCUT2D eigenvalue weighted by molar-refractivity contribution is -0.0880. The number of ether oxygens (including phenoxy) is 1. The van der Waals surface area contributed by atoms with Crippen molar-refractivity contribution in [3.63, 3.8) is 0 Å². The largest absolute Gasteiger partial charge is 0.375 e. The van der Waals surface area contributed by atoms with Gasteiger partial charge in [-0.05, 0) is 49.9 Å². The third kappa shape index (κ3) is 3.03. The van der Waals surface area contributed by atoms with E-state index >= 15 is 0 Å². The minimum absolute atomic E-state index is 0.229. The van der Waals surface area contributed by atoms with Gasteiger partial charge in [-0.1, -0.05) is 38.3 Å². The summed E-state index contributed by atoms with van der Waals surface area (Å²) in [5, 5.41) is 0.237. The molecule has 3 aliphatic rings. The first-order valence-electron chi connectivity index (χ1n) is 7.97. The zero-order valence-corrected chi connectivity index (χ0v) is 13.1. The molecule has 1 nitrogen and oxygen atoms in total. The van der Waals surface area contributed by atoms with Crippen molar-refractivity contribution < 1.29 is 4.74 Å². The van der Waals surface area contributed by atoms with Gasteiger partial charge in [-0.2, -0.15) is 0 Å². The molecule has 0 aromatic rings. The summed E-state index contributed by atoms with van der Waals surface area (Å²) in [6, 6.07) is 0. The van der Waals surface area contributed by atoms with Crippen LogP contribution in [0.25, 0.3) is 0 Å². The first-order chi connectivity index (χ1) is 8.98. The maximum atomic E-state index is 6.46. The second-order valence-electron chi connectivity index (χ2n) is 7.73. The molecule has 1 saturated heterocycles. The smallest absolute Gasteiger partial charge is 0.0688 e. The van der Waals surface area contributed by atoms with Gasteiger partial charge in [0, 0.05) is 6.61 Å². The van der Waals surface area contributed by atoms with Crippen LogP contribution in [0.3, 0.4) is 0 Å². The van der Waals surface area contributed by atoms with E-state index in [4.69, 9.17) is 16.3 Å². The minimum Gasteiger partial charge on any atom is -0.375 e. The van der Waals surface area contributed by atoms with Crippen molar-refractivity contribution in [2.75, 3.05) is 6.61 Å². The molecule has 2 atom stereocenters. The average Bonchev–Trinajstić information content (AvgIpc) is 2.75. The van der Waals surface area contributed by atoms with Gasteiger partial charge >= 0.3 is 0 Å². The first kappa shape index (κ1) is 13.9. The Morgan fingerprint density at radius 3 is 2.63 bits per heavy atom. The minimum atomic E-state index is 0.229. The topological polar surface area (TPSA) is 9.23 Å². The molecule has 2 aliphatic carbocycles. The highest BCUT2D eigenvalue weighted by Crippen LogP contribution is 2.48. The molecule has 0 aromatic heterocycles. The quantitative estimate of drug-likeness (QED) is 0.481. The van der Waals surface area contributed by atoms with Crippen LogP contribution in [-0.4, -0.2) is 17.6 Å². The molecule has 3 rings (SSSR count). The third-order valence-corrected chi connectivity index (χ3v) is 5.64. The van der Waals surface area contributed by atoms with Gasteiger partial charge in [0.15, 0.2) is 0 Å². The molecule has 0 aromatic carbocycles. The number of allylic oxidation sites excluding steroid dienone is 2. The molecule has 108 valence electrons. The number of halogens is 1. The summed E-state index contributed by atoms with van der Waals surface area (Å²) in [6.07, 6.45) is 12.4. The number of rotatable bonds is 1. The Labute approximate surface area is 122 Å². The fourth-order valence-corrected chi connectivity index (χ4v) is 5.07. The van der Waals surface area contributed by atoms with E-state index in [1.165, 1.54) is 44.9 Å². The Morgan fingerprint density at radius 1 is 1.21 bits per heavy atom. The summed E-state index contributed by atoms with van der Waals surface area (Å²) in [5.41, 5.74) is 2.23. The summed E-state index contributed by atoms with van der Waals surface area (Å²) < 4.78 is 6.17. The van der Waals surface area contributed by atoms with Crippen LogP contribution in [0.4, 0.5) is 0 Å².